The molecule has 1 aliphatic heterocycles. The first-order valence-electron chi connectivity index (χ1n) is 6.90. The Morgan fingerprint density at radius 1 is 1.39 bits per heavy atom. The van der Waals surface area contributed by atoms with E-state index in [9.17, 15) is 0 Å². The van der Waals surface area contributed by atoms with Gasteiger partial charge in [0.25, 0.3) is 0 Å². The lowest BCUT2D eigenvalue weighted by Gasteiger charge is -2.22. The molecule has 0 aliphatic carbocycles. The van der Waals surface area contributed by atoms with Crippen molar-refractivity contribution in [1.82, 2.24) is 5.32 Å². The number of anilines is 1. The predicted octanol–water partition coefficient (Wildman–Crippen LogP) is 2.41. The molecule has 0 saturated carbocycles. The van der Waals surface area contributed by atoms with Gasteiger partial charge in [0.05, 0.1) is 6.61 Å². The van der Waals surface area contributed by atoms with Crippen LogP contribution in [0.4, 0.5) is 5.69 Å². The Labute approximate surface area is 110 Å². The van der Waals surface area contributed by atoms with Crippen LogP contribution in [0.2, 0.25) is 0 Å². The molecular weight excluding hydrogens is 224 g/mol. The summed E-state index contributed by atoms with van der Waals surface area (Å²) in [5.41, 5.74) is 2.62. The Morgan fingerprint density at radius 2 is 2.22 bits per heavy atom. The summed E-state index contributed by atoms with van der Waals surface area (Å²) in [6.07, 6.45) is 2.44. The molecular formula is C15H24N2O. The van der Waals surface area contributed by atoms with Crippen molar-refractivity contribution in [3.63, 3.8) is 0 Å². The number of benzene rings is 1. The van der Waals surface area contributed by atoms with Crippen molar-refractivity contribution in [3.05, 3.63) is 29.8 Å². The van der Waals surface area contributed by atoms with Gasteiger partial charge in [-0.25, -0.2) is 0 Å². The second kappa shape index (κ2) is 6.76. The summed E-state index contributed by atoms with van der Waals surface area (Å²) in [6.45, 7) is 6.29. The molecule has 1 aromatic carbocycles. The molecule has 0 aromatic heterocycles. The Hall–Kier alpha value is -1.06. The van der Waals surface area contributed by atoms with Gasteiger partial charge in [0, 0.05) is 37.5 Å². The maximum Gasteiger partial charge on any atom is 0.0733 e. The maximum atomic E-state index is 5.28. The number of nitrogens with one attached hydrogen (secondary N) is 1. The second-order valence-corrected chi connectivity index (χ2v) is 4.95. The molecule has 0 amide bonds. The minimum atomic E-state index is 0.639. The van der Waals surface area contributed by atoms with Gasteiger partial charge in [-0.3, -0.25) is 0 Å². The maximum absolute atomic E-state index is 5.28. The molecule has 1 atom stereocenters. The van der Waals surface area contributed by atoms with Gasteiger partial charge in [0.15, 0.2) is 0 Å². The molecule has 1 saturated heterocycles. The molecule has 2 rings (SSSR count). The topological polar surface area (TPSA) is 24.5 Å². The smallest absolute Gasteiger partial charge is 0.0733 e. The van der Waals surface area contributed by atoms with Crippen LogP contribution in [0, 0.1) is 0 Å². The number of nitrogens with zero attached hydrogens (tertiary/aromatic N) is 1. The van der Waals surface area contributed by atoms with Crippen molar-refractivity contribution < 1.29 is 4.74 Å². The largest absolute Gasteiger partial charge is 0.380 e. The molecule has 1 heterocycles. The first-order chi connectivity index (χ1) is 8.85. The van der Waals surface area contributed by atoms with Gasteiger partial charge in [-0.15, -0.1) is 0 Å². The van der Waals surface area contributed by atoms with Crippen LogP contribution in [0.5, 0.6) is 0 Å². The summed E-state index contributed by atoms with van der Waals surface area (Å²) in [5.74, 6) is 0. The van der Waals surface area contributed by atoms with Crippen LogP contribution >= 0.6 is 0 Å². The Bertz CT molecular complexity index is 367. The molecule has 1 aliphatic rings. The molecule has 0 bridgehead atoms. The van der Waals surface area contributed by atoms with Crippen LogP contribution in [0.25, 0.3) is 0 Å². The highest BCUT2D eigenvalue weighted by Crippen LogP contribution is 2.25. The van der Waals surface area contributed by atoms with Gasteiger partial charge >= 0.3 is 0 Å². The molecule has 100 valence electrons. The molecule has 18 heavy (non-hydrogen) atoms. The zero-order valence-electron chi connectivity index (χ0n) is 11.5. The Kier molecular flexibility index (Phi) is 5.02. The van der Waals surface area contributed by atoms with Gasteiger partial charge in [-0.05, 0) is 25.5 Å². The number of para-hydroxylation sites is 1. The first-order valence-corrected chi connectivity index (χ1v) is 6.90. The van der Waals surface area contributed by atoms with E-state index in [1.54, 1.807) is 7.11 Å². The fraction of sp³-hybridized carbons (Fsp3) is 0.600. The van der Waals surface area contributed by atoms with Crippen molar-refractivity contribution in [2.24, 2.45) is 0 Å². The van der Waals surface area contributed by atoms with Crippen molar-refractivity contribution >= 4 is 5.69 Å². The summed E-state index contributed by atoms with van der Waals surface area (Å²) in [6, 6.07) is 9.20. The van der Waals surface area contributed by atoms with Crippen LogP contribution in [-0.4, -0.2) is 32.8 Å². The van der Waals surface area contributed by atoms with E-state index in [1.165, 1.54) is 24.1 Å². The lowest BCUT2D eigenvalue weighted by molar-refractivity contribution is 0.185. The monoisotopic (exact) mass is 248 g/mol. The summed E-state index contributed by atoms with van der Waals surface area (Å²) in [4.78, 5) is 2.47. The predicted molar refractivity (Wildman–Crippen MR) is 76.1 cm³/mol. The lowest BCUT2D eigenvalue weighted by atomic mass is 10.1. The molecule has 0 radical (unpaired) electrons. The van der Waals surface area contributed by atoms with Crippen molar-refractivity contribution in [3.8, 4) is 0 Å². The number of rotatable bonds is 6. The highest BCUT2D eigenvalue weighted by Gasteiger charge is 2.23. The average molecular weight is 248 g/mol. The molecule has 1 unspecified atom stereocenters. The minimum absolute atomic E-state index is 0.639. The zero-order chi connectivity index (χ0) is 12.8. The fourth-order valence-corrected chi connectivity index (χ4v) is 2.59. The van der Waals surface area contributed by atoms with Gasteiger partial charge < -0.3 is 15.0 Å². The highest BCUT2D eigenvalue weighted by molar-refractivity contribution is 5.54. The SMILES string of the molecule is CCCNC1CCN(c2ccccc2COC)C1. The molecule has 1 fully saturated rings. The number of hydrogen-bond acceptors (Lipinski definition) is 3. The summed E-state index contributed by atoms with van der Waals surface area (Å²) in [7, 11) is 1.76. The van der Waals surface area contributed by atoms with E-state index >= 15 is 0 Å². The van der Waals surface area contributed by atoms with Gasteiger partial charge in [-0.1, -0.05) is 25.1 Å². The van der Waals surface area contributed by atoms with E-state index in [0.29, 0.717) is 12.6 Å². The van der Waals surface area contributed by atoms with E-state index in [1.807, 2.05) is 0 Å². The third-order valence-corrected chi connectivity index (χ3v) is 3.50. The van der Waals surface area contributed by atoms with Gasteiger partial charge in [-0.2, -0.15) is 0 Å². The molecule has 3 nitrogen and oxygen atoms in total. The van der Waals surface area contributed by atoms with Crippen molar-refractivity contribution in [1.29, 1.82) is 0 Å². The third-order valence-electron chi connectivity index (χ3n) is 3.50. The van der Waals surface area contributed by atoms with Crippen LogP contribution < -0.4 is 10.2 Å². The summed E-state index contributed by atoms with van der Waals surface area (Å²) < 4.78 is 5.28. The van der Waals surface area contributed by atoms with Crippen molar-refractivity contribution in [2.75, 3.05) is 31.6 Å². The van der Waals surface area contributed by atoms with Crippen LogP contribution in [0.15, 0.2) is 24.3 Å². The van der Waals surface area contributed by atoms with Crippen molar-refractivity contribution in [2.45, 2.75) is 32.4 Å². The van der Waals surface area contributed by atoms with E-state index in [4.69, 9.17) is 4.74 Å². The average Bonchev–Trinajstić information content (AvgIpc) is 2.86. The normalized spacial score (nSPS) is 19.4. The van der Waals surface area contributed by atoms with E-state index in [-0.39, 0.29) is 0 Å². The Morgan fingerprint density at radius 3 is 3.00 bits per heavy atom. The number of methoxy groups -OCH3 is 1. The quantitative estimate of drug-likeness (QED) is 0.836. The zero-order valence-corrected chi connectivity index (χ0v) is 11.5. The minimum Gasteiger partial charge on any atom is -0.380 e. The second-order valence-electron chi connectivity index (χ2n) is 4.95. The lowest BCUT2D eigenvalue weighted by Crippen LogP contribution is -2.33. The van der Waals surface area contributed by atoms with Crippen LogP contribution in [0.1, 0.15) is 25.3 Å². The van der Waals surface area contributed by atoms with Crippen LogP contribution in [0.3, 0.4) is 0 Å². The third kappa shape index (κ3) is 3.24. The van der Waals surface area contributed by atoms with Gasteiger partial charge in [0.1, 0.15) is 0 Å². The number of ether oxygens (including phenoxy) is 1. The molecule has 3 heteroatoms. The Balaban J connectivity index is 2.00. The molecule has 1 N–H and O–H groups in total. The van der Waals surface area contributed by atoms with E-state index in [0.717, 1.165) is 19.6 Å². The summed E-state index contributed by atoms with van der Waals surface area (Å²) >= 11 is 0. The first kappa shape index (κ1) is 13.4. The van der Waals surface area contributed by atoms with Gasteiger partial charge in [0.2, 0.25) is 0 Å². The van der Waals surface area contributed by atoms with E-state index in [2.05, 4.69) is 41.4 Å². The van der Waals surface area contributed by atoms with Crippen LogP contribution in [-0.2, 0) is 11.3 Å². The standard InChI is InChI=1S/C15H24N2O/c1-3-9-16-14-8-10-17(11-14)15-7-5-4-6-13(15)12-18-2/h4-7,14,16H,3,8-12H2,1-2H3. The van der Waals surface area contributed by atoms with E-state index < -0.39 is 0 Å². The fourth-order valence-electron chi connectivity index (χ4n) is 2.59. The highest BCUT2D eigenvalue weighted by atomic mass is 16.5. The molecule has 0 spiro atoms. The number of hydrogen-bond donors (Lipinski definition) is 1. The summed E-state index contributed by atoms with van der Waals surface area (Å²) in [5, 5.41) is 3.61. The molecule has 1 aromatic rings.